The third kappa shape index (κ3) is 2.17. The summed E-state index contributed by atoms with van der Waals surface area (Å²) in [7, 11) is 0. The number of Topliss-reactive ketones (excluding diaryl/α,β-unsaturated/α-hetero) is 1. The Morgan fingerprint density at radius 1 is 1.33 bits per heavy atom. The first-order chi connectivity index (χ1) is 7.11. The molecule has 0 spiro atoms. The number of aromatic nitrogens is 2. The third-order valence-corrected chi connectivity index (χ3v) is 15.3. The topological polar surface area (TPSA) is 45.8 Å². The van der Waals surface area contributed by atoms with E-state index in [0.717, 1.165) is 5.69 Å². The van der Waals surface area contributed by atoms with Crippen molar-refractivity contribution in [2.75, 3.05) is 0 Å². The van der Waals surface area contributed by atoms with Crippen LogP contribution in [0.5, 0.6) is 0 Å². The molecule has 1 rings (SSSR count). The van der Waals surface area contributed by atoms with E-state index in [1.54, 1.807) is 6.92 Å². The predicted octanol–water partition coefficient (Wildman–Crippen LogP) is 2.33. The fourth-order valence-electron chi connectivity index (χ4n) is 2.28. The molecule has 0 aliphatic rings. The number of rotatable bonds is 5. The van der Waals surface area contributed by atoms with Crippen molar-refractivity contribution in [3.05, 3.63) is 11.9 Å². The fraction of sp³-hybridized carbons (Fsp3) is 0.636. The molecule has 4 heteroatoms. The first-order valence-electron chi connectivity index (χ1n) is 5.66. The molecule has 0 aliphatic heterocycles. The molecule has 1 aromatic heterocycles. The summed E-state index contributed by atoms with van der Waals surface area (Å²) >= 11 is -2.01. The van der Waals surface area contributed by atoms with Gasteiger partial charge in [0.15, 0.2) is 0 Å². The summed E-state index contributed by atoms with van der Waals surface area (Å²) in [6.07, 6.45) is 1.90. The second kappa shape index (κ2) is 4.97. The molecule has 0 saturated carbocycles. The van der Waals surface area contributed by atoms with Crippen LogP contribution >= 0.6 is 0 Å². The van der Waals surface area contributed by atoms with Gasteiger partial charge in [0.25, 0.3) is 0 Å². The maximum atomic E-state index is 11.5. The van der Waals surface area contributed by atoms with Gasteiger partial charge in [0, 0.05) is 0 Å². The summed E-state index contributed by atoms with van der Waals surface area (Å²) in [6, 6.07) is 0. The number of hydrogen-bond acceptors (Lipinski definition) is 2. The minimum atomic E-state index is -2.01. The number of carbonyl (C=O) groups excluding carboxylic acids is 1. The normalized spacial score (nSPS) is 11.7. The van der Waals surface area contributed by atoms with Crippen LogP contribution in [0, 0.1) is 0 Å². The van der Waals surface area contributed by atoms with Gasteiger partial charge < -0.3 is 0 Å². The Morgan fingerprint density at radius 2 is 1.87 bits per heavy atom. The first-order valence-corrected chi connectivity index (χ1v) is 11.2. The van der Waals surface area contributed by atoms with Crippen LogP contribution in [-0.4, -0.2) is 29.2 Å². The van der Waals surface area contributed by atoms with Gasteiger partial charge in [0.1, 0.15) is 0 Å². The average Bonchev–Trinajstić information content (AvgIpc) is 2.71. The number of H-pyrrole nitrogens is 1. The van der Waals surface area contributed by atoms with Crippen LogP contribution in [-0.2, 0) is 0 Å². The molecular formula is C11H20GeN2O. The van der Waals surface area contributed by atoms with Crippen LogP contribution in [0.3, 0.4) is 0 Å². The Morgan fingerprint density at radius 3 is 2.27 bits per heavy atom. The Labute approximate surface area is 94.0 Å². The zero-order chi connectivity index (χ0) is 11.5. The third-order valence-electron chi connectivity index (χ3n) is 3.59. The van der Waals surface area contributed by atoms with Crippen LogP contribution in [0.25, 0.3) is 0 Å². The molecule has 0 saturated heterocycles. The monoisotopic (exact) mass is 270 g/mol. The molecule has 0 aliphatic carbocycles. The van der Waals surface area contributed by atoms with Crippen molar-refractivity contribution >= 4 is 23.4 Å². The number of aromatic amines is 1. The fourth-order valence-corrected chi connectivity index (χ4v) is 10.1. The predicted molar refractivity (Wildman–Crippen MR) is 65.4 cm³/mol. The van der Waals surface area contributed by atoms with Gasteiger partial charge in [0.2, 0.25) is 0 Å². The average molecular weight is 269 g/mol. The summed E-state index contributed by atoms with van der Waals surface area (Å²) in [5, 5.41) is 10.6. The molecule has 0 radical (unpaired) electrons. The molecule has 0 aromatic carbocycles. The standard InChI is InChI=1S/C11H20GeN2O/c1-5-12(6-2,7-3)10-8-13-14-11(10)9(4)15/h8H,5-7H2,1-4H3,(H,13,14). The van der Waals surface area contributed by atoms with E-state index >= 15 is 0 Å². The zero-order valence-corrected chi connectivity index (χ0v) is 12.2. The second-order valence-electron chi connectivity index (χ2n) is 4.06. The molecule has 0 amide bonds. The van der Waals surface area contributed by atoms with E-state index < -0.39 is 13.3 Å². The quantitative estimate of drug-likeness (QED) is 0.658. The molecule has 0 unspecified atom stereocenters. The van der Waals surface area contributed by atoms with E-state index in [4.69, 9.17) is 0 Å². The molecule has 1 N–H and O–H groups in total. The van der Waals surface area contributed by atoms with E-state index in [1.807, 2.05) is 6.20 Å². The number of nitrogens with one attached hydrogen (secondary N) is 1. The Hall–Kier alpha value is -0.577. The van der Waals surface area contributed by atoms with Crippen molar-refractivity contribution in [1.82, 2.24) is 10.2 Å². The minimum absolute atomic E-state index is 0.118. The summed E-state index contributed by atoms with van der Waals surface area (Å²) in [6.45, 7) is 8.38. The Bertz CT molecular complexity index is 334. The van der Waals surface area contributed by atoms with Gasteiger partial charge in [-0.15, -0.1) is 0 Å². The van der Waals surface area contributed by atoms with E-state index in [-0.39, 0.29) is 5.78 Å². The van der Waals surface area contributed by atoms with E-state index in [2.05, 4.69) is 31.0 Å². The number of ketones is 1. The molecular weight excluding hydrogens is 249 g/mol. The SMILES string of the molecule is C[CH2][Ge]([CH2]C)([CH2]C)[c]1cn[nH]c1C(C)=O. The Balaban J connectivity index is 3.22. The van der Waals surface area contributed by atoms with Crippen LogP contribution in [0.15, 0.2) is 6.20 Å². The van der Waals surface area contributed by atoms with Crippen molar-refractivity contribution in [2.24, 2.45) is 0 Å². The number of nitrogens with zero attached hydrogens (tertiary/aromatic N) is 1. The van der Waals surface area contributed by atoms with Crippen molar-refractivity contribution in [2.45, 2.75) is 43.5 Å². The summed E-state index contributed by atoms with van der Waals surface area (Å²) in [5.74, 6) is 0.118. The van der Waals surface area contributed by atoms with Crippen molar-refractivity contribution < 1.29 is 4.79 Å². The molecule has 84 valence electrons. The molecule has 0 atom stereocenters. The van der Waals surface area contributed by atoms with Gasteiger partial charge in [-0.3, -0.25) is 0 Å². The summed E-state index contributed by atoms with van der Waals surface area (Å²) < 4.78 is 1.27. The molecule has 3 nitrogen and oxygen atoms in total. The Kier molecular flexibility index (Phi) is 4.14. The zero-order valence-electron chi connectivity index (χ0n) is 10.1. The summed E-state index contributed by atoms with van der Waals surface area (Å²) in [5.41, 5.74) is 0.764. The van der Waals surface area contributed by atoms with Gasteiger partial charge in [0.05, 0.1) is 0 Å². The molecule has 0 bridgehead atoms. The molecule has 0 fully saturated rings. The van der Waals surface area contributed by atoms with Crippen molar-refractivity contribution in [3.8, 4) is 0 Å². The van der Waals surface area contributed by atoms with Crippen LogP contribution in [0.2, 0.25) is 15.8 Å². The molecule has 15 heavy (non-hydrogen) atoms. The second-order valence-corrected chi connectivity index (χ2v) is 15.0. The number of carbonyl (C=O) groups is 1. The van der Waals surface area contributed by atoms with Gasteiger partial charge in [-0.2, -0.15) is 0 Å². The number of hydrogen-bond donors (Lipinski definition) is 1. The van der Waals surface area contributed by atoms with Crippen LogP contribution < -0.4 is 4.40 Å². The van der Waals surface area contributed by atoms with Crippen LogP contribution in [0.1, 0.15) is 38.2 Å². The summed E-state index contributed by atoms with van der Waals surface area (Å²) in [4.78, 5) is 11.5. The maximum absolute atomic E-state index is 11.5. The van der Waals surface area contributed by atoms with E-state index in [9.17, 15) is 4.79 Å². The van der Waals surface area contributed by atoms with Gasteiger partial charge >= 0.3 is 93.8 Å². The van der Waals surface area contributed by atoms with E-state index in [0.29, 0.717) is 0 Å². The van der Waals surface area contributed by atoms with Gasteiger partial charge in [-0.05, 0) is 0 Å². The van der Waals surface area contributed by atoms with Crippen molar-refractivity contribution in [3.63, 3.8) is 0 Å². The first kappa shape index (κ1) is 12.5. The van der Waals surface area contributed by atoms with Crippen LogP contribution in [0.4, 0.5) is 0 Å². The molecule has 1 heterocycles. The molecule has 1 aromatic rings. The van der Waals surface area contributed by atoms with Crippen molar-refractivity contribution in [1.29, 1.82) is 0 Å². The van der Waals surface area contributed by atoms with Gasteiger partial charge in [-0.25, -0.2) is 0 Å². The van der Waals surface area contributed by atoms with Gasteiger partial charge in [-0.1, -0.05) is 0 Å². The van der Waals surface area contributed by atoms with E-state index in [1.165, 1.54) is 20.2 Å².